The summed E-state index contributed by atoms with van der Waals surface area (Å²) in [5, 5.41) is 9.14. The topological polar surface area (TPSA) is 46.5 Å². The first-order chi connectivity index (χ1) is 7.63. The molecule has 16 heavy (non-hydrogen) atoms. The third-order valence-corrected chi connectivity index (χ3v) is 3.77. The van der Waals surface area contributed by atoms with Gasteiger partial charge < -0.3 is 9.84 Å². The largest absolute Gasteiger partial charge is 0.481 e. The predicted octanol–water partition coefficient (Wildman–Crippen LogP) is 1.57. The minimum absolute atomic E-state index is 0.164. The van der Waals surface area contributed by atoms with Crippen LogP contribution < -0.4 is 0 Å². The molecule has 0 aromatic heterocycles. The van der Waals surface area contributed by atoms with Crippen molar-refractivity contribution in [3.8, 4) is 0 Å². The maximum atomic E-state index is 12.8. The van der Waals surface area contributed by atoms with Crippen LogP contribution >= 0.6 is 0 Å². The first kappa shape index (κ1) is 9.78. The second kappa shape index (κ2) is 3.04. The fourth-order valence-corrected chi connectivity index (χ4v) is 2.92. The van der Waals surface area contributed by atoms with Gasteiger partial charge in [-0.1, -0.05) is 12.1 Å². The maximum Gasteiger partial charge on any atom is 0.310 e. The lowest BCUT2D eigenvalue weighted by Crippen LogP contribution is -2.52. The number of aliphatic carboxylic acids is 1. The van der Waals surface area contributed by atoms with Crippen molar-refractivity contribution in [1.29, 1.82) is 0 Å². The monoisotopic (exact) mass is 222 g/mol. The Kier molecular flexibility index (Phi) is 1.86. The van der Waals surface area contributed by atoms with Crippen molar-refractivity contribution in [3.05, 3.63) is 35.6 Å². The SMILES string of the molecule is O=C(O)[C@@H]1[C@H]2C[C@]1(c1ccc(F)cc1)CO2. The number of fused-ring (bicyclic) bond motifs is 1. The molecule has 3 aliphatic rings. The fraction of sp³-hybridized carbons (Fsp3) is 0.417. The van der Waals surface area contributed by atoms with Gasteiger partial charge in [0.2, 0.25) is 0 Å². The summed E-state index contributed by atoms with van der Waals surface area (Å²) in [7, 11) is 0. The van der Waals surface area contributed by atoms with Gasteiger partial charge >= 0.3 is 5.97 Å². The van der Waals surface area contributed by atoms with Crippen LogP contribution in [0.5, 0.6) is 0 Å². The van der Waals surface area contributed by atoms with Gasteiger partial charge in [-0.3, -0.25) is 4.79 Å². The molecular formula is C12H11FO3. The molecule has 0 amide bonds. The van der Waals surface area contributed by atoms with E-state index in [2.05, 4.69) is 0 Å². The lowest BCUT2D eigenvalue weighted by Gasteiger charge is -2.42. The van der Waals surface area contributed by atoms with E-state index in [1.165, 1.54) is 12.1 Å². The summed E-state index contributed by atoms with van der Waals surface area (Å²) < 4.78 is 18.2. The van der Waals surface area contributed by atoms with Crippen molar-refractivity contribution in [2.45, 2.75) is 17.9 Å². The summed E-state index contributed by atoms with van der Waals surface area (Å²) in [5.41, 5.74) is 0.444. The van der Waals surface area contributed by atoms with E-state index in [1.807, 2.05) is 0 Å². The van der Waals surface area contributed by atoms with E-state index >= 15 is 0 Å². The van der Waals surface area contributed by atoms with Crippen molar-refractivity contribution in [1.82, 2.24) is 0 Å². The van der Waals surface area contributed by atoms with E-state index < -0.39 is 17.3 Å². The van der Waals surface area contributed by atoms with E-state index in [4.69, 9.17) is 9.84 Å². The minimum atomic E-state index is -0.821. The van der Waals surface area contributed by atoms with Gasteiger partial charge in [0.05, 0.1) is 18.6 Å². The van der Waals surface area contributed by atoms with Crippen molar-refractivity contribution in [2.75, 3.05) is 6.61 Å². The number of carbonyl (C=O) groups is 1. The quantitative estimate of drug-likeness (QED) is 0.826. The zero-order valence-electron chi connectivity index (χ0n) is 8.52. The Bertz CT molecular complexity index is 438. The molecule has 3 nitrogen and oxygen atoms in total. The molecule has 1 saturated carbocycles. The van der Waals surface area contributed by atoms with Crippen molar-refractivity contribution >= 4 is 5.97 Å². The Morgan fingerprint density at radius 1 is 1.44 bits per heavy atom. The van der Waals surface area contributed by atoms with E-state index in [0.717, 1.165) is 12.0 Å². The van der Waals surface area contributed by atoms with Gasteiger partial charge in [0.15, 0.2) is 0 Å². The number of carboxylic acids is 1. The van der Waals surface area contributed by atoms with Crippen molar-refractivity contribution in [2.24, 2.45) is 5.92 Å². The van der Waals surface area contributed by atoms with Gasteiger partial charge in [-0.15, -0.1) is 0 Å². The highest BCUT2D eigenvalue weighted by atomic mass is 19.1. The third kappa shape index (κ3) is 1.08. The van der Waals surface area contributed by atoms with Crippen LogP contribution in [0, 0.1) is 11.7 Å². The van der Waals surface area contributed by atoms with E-state index in [0.29, 0.717) is 6.61 Å². The Morgan fingerprint density at radius 2 is 2.12 bits per heavy atom. The Hall–Kier alpha value is -1.42. The molecule has 1 aromatic rings. The lowest BCUT2D eigenvalue weighted by atomic mass is 9.58. The molecule has 1 N–H and O–H groups in total. The second-order valence-electron chi connectivity index (χ2n) is 4.53. The van der Waals surface area contributed by atoms with Gasteiger partial charge in [0.1, 0.15) is 5.82 Å². The number of halogens is 1. The zero-order valence-corrected chi connectivity index (χ0v) is 8.52. The molecule has 0 spiro atoms. The first-order valence-corrected chi connectivity index (χ1v) is 5.24. The standard InChI is InChI=1S/C12H11FO3/c13-8-3-1-7(2-4-8)12-5-9(16-6-12)10(12)11(14)15/h1-4,9-10H,5-6H2,(H,14,15)/t9-,10+,12-/m1/s1. The van der Waals surface area contributed by atoms with Gasteiger partial charge in [-0.2, -0.15) is 0 Å². The summed E-state index contributed by atoms with van der Waals surface area (Å²) in [6, 6.07) is 6.07. The van der Waals surface area contributed by atoms with E-state index in [-0.39, 0.29) is 11.9 Å². The van der Waals surface area contributed by atoms with Crippen LogP contribution in [0.3, 0.4) is 0 Å². The summed E-state index contributed by atoms with van der Waals surface area (Å²) in [6.07, 6.45) is 0.567. The average molecular weight is 222 g/mol. The molecule has 0 unspecified atom stereocenters. The predicted molar refractivity (Wildman–Crippen MR) is 53.6 cm³/mol. The maximum absolute atomic E-state index is 12.8. The normalized spacial score (nSPS) is 35.8. The molecular weight excluding hydrogens is 211 g/mol. The summed E-state index contributed by atoms with van der Waals surface area (Å²) in [5.74, 6) is -1.60. The molecule has 2 heterocycles. The zero-order chi connectivity index (χ0) is 11.3. The molecule has 4 heteroatoms. The molecule has 0 radical (unpaired) electrons. The van der Waals surface area contributed by atoms with Crippen LogP contribution in [-0.2, 0) is 14.9 Å². The summed E-state index contributed by atoms with van der Waals surface area (Å²) in [6.45, 7) is 0.431. The highest BCUT2D eigenvalue weighted by Crippen LogP contribution is 2.56. The van der Waals surface area contributed by atoms with Crippen LogP contribution in [0.1, 0.15) is 12.0 Å². The summed E-state index contributed by atoms with van der Waals surface area (Å²) >= 11 is 0. The van der Waals surface area contributed by atoms with Crippen molar-refractivity contribution < 1.29 is 19.0 Å². The third-order valence-electron chi connectivity index (χ3n) is 3.77. The van der Waals surface area contributed by atoms with Gasteiger partial charge in [-0.25, -0.2) is 4.39 Å². The minimum Gasteiger partial charge on any atom is -0.481 e. The molecule has 2 bridgehead atoms. The van der Waals surface area contributed by atoms with Crippen LogP contribution in [0.2, 0.25) is 0 Å². The number of ether oxygens (including phenoxy) is 1. The number of carboxylic acid groups (broad SMARTS) is 1. The van der Waals surface area contributed by atoms with Crippen LogP contribution in [0.15, 0.2) is 24.3 Å². The Morgan fingerprint density at radius 3 is 2.69 bits per heavy atom. The highest BCUT2D eigenvalue weighted by Gasteiger charge is 2.64. The molecule has 1 aromatic carbocycles. The second-order valence-corrected chi connectivity index (χ2v) is 4.53. The average Bonchev–Trinajstić information content (AvgIpc) is 2.76. The molecule has 3 fully saturated rings. The fourth-order valence-electron chi connectivity index (χ4n) is 2.92. The van der Waals surface area contributed by atoms with Gasteiger partial charge in [0, 0.05) is 5.41 Å². The Labute approximate surface area is 91.8 Å². The molecule has 1 aliphatic carbocycles. The number of benzene rings is 1. The molecule has 84 valence electrons. The van der Waals surface area contributed by atoms with Crippen molar-refractivity contribution in [3.63, 3.8) is 0 Å². The number of hydrogen-bond acceptors (Lipinski definition) is 2. The number of hydrogen-bond donors (Lipinski definition) is 1. The molecule has 4 rings (SSSR count). The van der Waals surface area contributed by atoms with Crippen LogP contribution in [0.4, 0.5) is 4.39 Å². The molecule has 2 saturated heterocycles. The molecule has 2 aliphatic heterocycles. The van der Waals surface area contributed by atoms with Gasteiger partial charge in [0.25, 0.3) is 0 Å². The highest BCUT2D eigenvalue weighted by molar-refractivity contribution is 5.76. The van der Waals surface area contributed by atoms with Gasteiger partial charge in [-0.05, 0) is 24.1 Å². The summed E-state index contributed by atoms with van der Waals surface area (Å²) in [4.78, 5) is 11.1. The Balaban J connectivity index is 2.00. The lowest BCUT2D eigenvalue weighted by molar-refractivity contribution is -0.150. The number of rotatable bonds is 2. The first-order valence-electron chi connectivity index (χ1n) is 5.24. The smallest absolute Gasteiger partial charge is 0.310 e. The molecule has 3 atom stereocenters. The van der Waals surface area contributed by atoms with E-state index in [1.54, 1.807) is 12.1 Å². The van der Waals surface area contributed by atoms with E-state index in [9.17, 15) is 9.18 Å². The van der Waals surface area contributed by atoms with Crippen LogP contribution in [-0.4, -0.2) is 23.8 Å². The van der Waals surface area contributed by atoms with Crippen LogP contribution in [0.25, 0.3) is 0 Å².